The van der Waals surface area contributed by atoms with Crippen molar-refractivity contribution in [3.05, 3.63) is 82.5 Å². The first-order chi connectivity index (χ1) is 14.6. The van der Waals surface area contributed by atoms with Crippen LogP contribution < -0.4 is 11.1 Å². The minimum absolute atomic E-state index is 0.172. The second-order valence-electron chi connectivity index (χ2n) is 7.45. The number of nitrogens with one attached hydrogen (secondary N) is 1. The second-order valence-corrected chi connectivity index (χ2v) is 7.86. The lowest BCUT2D eigenvalue weighted by Gasteiger charge is -2.23. The quantitative estimate of drug-likeness (QED) is 0.619. The SMILES string of the molecule is Nc1ncc(C2CCOCC2)cc1-c1ccc(C(=O)NCc2ccccc2)cc1Cl. The molecule has 1 amide bonds. The first kappa shape index (κ1) is 20.4. The lowest BCUT2D eigenvalue weighted by atomic mass is 9.91. The Labute approximate surface area is 181 Å². The molecule has 0 saturated carbocycles. The number of pyridine rings is 1. The highest BCUT2D eigenvalue weighted by Crippen LogP contribution is 2.35. The van der Waals surface area contributed by atoms with Crippen molar-refractivity contribution < 1.29 is 9.53 Å². The number of nitrogen functional groups attached to an aromatic ring is 1. The average molecular weight is 422 g/mol. The molecule has 6 heteroatoms. The van der Waals surface area contributed by atoms with Crippen molar-refractivity contribution in [3.8, 4) is 11.1 Å². The molecule has 1 fully saturated rings. The molecule has 2 aromatic carbocycles. The first-order valence-corrected chi connectivity index (χ1v) is 10.4. The third-order valence-electron chi connectivity index (χ3n) is 5.45. The van der Waals surface area contributed by atoms with Gasteiger partial charge < -0.3 is 15.8 Å². The van der Waals surface area contributed by atoms with E-state index in [1.54, 1.807) is 12.1 Å². The van der Waals surface area contributed by atoms with Gasteiger partial charge in [0.25, 0.3) is 5.91 Å². The Kier molecular flexibility index (Phi) is 6.31. The fourth-order valence-corrected chi connectivity index (χ4v) is 4.00. The van der Waals surface area contributed by atoms with Gasteiger partial charge in [-0.25, -0.2) is 4.98 Å². The Balaban J connectivity index is 1.53. The van der Waals surface area contributed by atoms with Crippen LogP contribution >= 0.6 is 11.6 Å². The number of carbonyl (C=O) groups excluding carboxylic acids is 1. The highest BCUT2D eigenvalue weighted by molar-refractivity contribution is 6.33. The lowest BCUT2D eigenvalue weighted by Crippen LogP contribution is -2.22. The second kappa shape index (κ2) is 9.28. The molecule has 0 aliphatic carbocycles. The van der Waals surface area contributed by atoms with Crippen molar-refractivity contribution in [1.29, 1.82) is 0 Å². The van der Waals surface area contributed by atoms with Crippen LogP contribution in [0.4, 0.5) is 5.82 Å². The summed E-state index contributed by atoms with van der Waals surface area (Å²) in [6.45, 7) is 1.99. The van der Waals surface area contributed by atoms with E-state index in [-0.39, 0.29) is 5.91 Å². The summed E-state index contributed by atoms with van der Waals surface area (Å²) in [5, 5.41) is 3.39. The van der Waals surface area contributed by atoms with Gasteiger partial charge in [-0.2, -0.15) is 0 Å². The van der Waals surface area contributed by atoms with Crippen LogP contribution in [0.15, 0.2) is 60.8 Å². The Hall–Kier alpha value is -2.89. The molecular formula is C24H24ClN3O2. The number of amides is 1. The number of carbonyl (C=O) groups is 1. The van der Waals surface area contributed by atoms with Gasteiger partial charge in [0, 0.05) is 47.7 Å². The maximum atomic E-state index is 12.5. The molecule has 4 rings (SSSR count). The number of benzene rings is 2. The van der Waals surface area contributed by atoms with Gasteiger partial charge in [0.05, 0.1) is 0 Å². The molecular weight excluding hydrogens is 398 g/mol. The Morgan fingerprint density at radius 2 is 1.87 bits per heavy atom. The number of halogens is 1. The van der Waals surface area contributed by atoms with Gasteiger partial charge in [0.15, 0.2) is 0 Å². The fraction of sp³-hybridized carbons (Fsp3) is 0.250. The Morgan fingerprint density at radius 1 is 1.10 bits per heavy atom. The van der Waals surface area contributed by atoms with Crippen LogP contribution in [0.25, 0.3) is 11.1 Å². The Bertz CT molecular complexity index is 1030. The van der Waals surface area contributed by atoms with Crippen molar-refractivity contribution >= 4 is 23.3 Å². The number of aromatic nitrogens is 1. The van der Waals surface area contributed by atoms with Gasteiger partial charge in [0.1, 0.15) is 5.82 Å². The van der Waals surface area contributed by atoms with E-state index in [0.29, 0.717) is 28.9 Å². The molecule has 30 heavy (non-hydrogen) atoms. The number of hydrogen-bond acceptors (Lipinski definition) is 4. The zero-order chi connectivity index (χ0) is 20.9. The summed E-state index contributed by atoms with van der Waals surface area (Å²) in [4.78, 5) is 16.9. The Morgan fingerprint density at radius 3 is 2.60 bits per heavy atom. The summed E-state index contributed by atoms with van der Waals surface area (Å²) in [5.41, 5.74) is 10.4. The van der Waals surface area contributed by atoms with E-state index in [0.717, 1.165) is 48.3 Å². The van der Waals surface area contributed by atoms with E-state index in [2.05, 4.69) is 16.4 Å². The molecule has 1 aromatic heterocycles. The van der Waals surface area contributed by atoms with Gasteiger partial charge in [-0.1, -0.05) is 48.0 Å². The summed E-state index contributed by atoms with van der Waals surface area (Å²) in [5.74, 6) is 0.663. The molecule has 2 heterocycles. The number of nitrogens with two attached hydrogens (primary N) is 1. The van der Waals surface area contributed by atoms with E-state index in [1.807, 2.05) is 42.6 Å². The zero-order valence-electron chi connectivity index (χ0n) is 16.6. The van der Waals surface area contributed by atoms with E-state index < -0.39 is 0 Å². The van der Waals surface area contributed by atoms with Crippen molar-refractivity contribution in [3.63, 3.8) is 0 Å². The van der Waals surface area contributed by atoms with Crippen LogP contribution in [0.5, 0.6) is 0 Å². The van der Waals surface area contributed by atoms with E-state index in [4.69, 9.17) is 22.1 Å². The van der Waals surface area contributed by atoms with Crippen molar-refractivity contribution in [2.75, 3.05) is 18.9 Å². The number of rotatable bonds is 5. The summed E-state index contributed by atoms with van der Waals surface area (Å²) >= 11 is 6.55. The summed E-state index contributed by atoms with van der Waals surface area (Å²) in [6.07, 6.45) is 3.78. The molecule has 1 aliphatic heterocycles. The topological polar surface area (TPSA) is 77.2 Å². The van der Waals surface area contributed by atoms with Crippen LogP contribution in [0, 0.1) is 0 Å². The maximum Gasteiger partial charge on any atom is 0.251 e. The molecule has 1 saturated heterocycles. The van der Waals surface area contributed by atoms with E-state index in [1.165, 1.54) is 0 Å². The molecule has 1 aliphatic rings. The highest BCUT2D eigenvalue weighted by atomic mass is 35.5. The van der Waals surface area contributed by atoms with Gasteiger partial charge >= 0.3 is 0 Å². The number of hydrogen-bond donors (Lipinski definition) is 2. The third-order valence-corrected chi connectivity index (χ3v) is 5.76. The standard InChI is InChI=1S/C24H24ClN3O2/c25-22-13-18(24(29)28-14-16-4-2-1-3-5-16)6-7-20(22)21-12-19(15-27-23(21)26)17-8-10-30-11-9-17/h1-7,12-13,15,17H,8-11,14H2,(H2,26,27)(H,28,29). The predicted molar refractivity (Wildman–Crippen MR) is 120 cm³/mol. The molecule has 3 aromatic rings. The number of anilines is 1. The minimum atomic E-state index is -0.172. The van der Waals surface area contributed by atoms with Gasteiger partial charge in [-0.15, -0.1) is 0 Å². The third kappa shape index (κ3) is 4.64. The largest absolute Gasteiger partial charge is 0.383 e. The minimum Gasteiger partial charge on any atom is -0.383 e. The summed E-state index contributed by atoms with van der Waals surface area (Å²) in [7, 11) is 0. The van der Waals surface area contributed by atoms with E-state index >= 15 is 0 Å². The maximum absolute atomic E-state index is 12.5. The van der Waals surface area contributed by atoms with Crippen molar-refractivity contribution in [1.82, 2.24) is 10.3 Å². The van der Waals surface area contributed by atoms with Gasteiger partial charge in [-0.3, -0.25) is 4.79 Å². The van der Waals surface area contributed by atoms with E-state index in [9.17, 15) is 4.79 Å². The normalized spacial score (nSPS) is 14.4. The first-order valence-electron chi connectivity index (χ1n) is 10.1. The molecule has 0 radical (unpaired) electrons. The zero-order valence-corrected chi connectivity index (χ0v) is 17.4. The molecule has 0 unspecified atom stereocenters. The van der Waals surface area contributed by atoms with Gasteiger partial charge in [-0.05, 0) is 48.1 Å². The molecule has 0 atom stereocenters. The molecule has 3 N–H and O–H groups in total. The van der Waals surface area contributed by atoms with Crippen molar-refractivity contribution in [2.45, 2.75) is 25.3 Å². The summed E-state index contributed by atoms with van der Waals surface area (Å²) < 4.78 is 5.46. The van der Waals surface area contributed by atoms with Crippen molar-refractivity contribution in [2.24, 2.45) is 0 Å². The summed E-state index contributed by atoms with van der Waals surface area (Å²) in [6, 6.07) is 17.1. The molecule has 5 nitrogen and oxygen atoms in total. The number of ether oxygens (including phenoxy) is 1. The smallest absolute Gasteiger partial charge is 0.251 e. The molecule has 0 spiro atoms. The van der Waals surface area contributed by atoms with Crippen LogP contribution in [0.3, 0.4) is 0 Å². The van der Waals surface area contributed by atoms with Gasteiger partial charge in [0.2, 0.25) is 0 Å². The average Bonchev–Trinajstić information content (AvgIpc) is 2.79. The predicted octanol–water partition coefficient (Wildman–Crippen LogP) is 4.81. The number of nitrogens with zero attached hydrogens (tertiary/aromatic N) is 1. The lowest BCUT2D eigenvalue weighted by molar-refractivity contribution is 0.0853. The monoisotopic (exact) mass is 421 g/mol. The van der Waals surface area contributed by atoms with Crippen LogP contribution in [-0.4, -0.2) is 24.1 Å². The van der Waals surface area contributed by atoms with Crippen LogP contribution in [-0.2, 0) is 11.3 Å². The van der Waals surface area contributed by atoms with Crippen LogP contribution in [0.2, 0.25) is 5.02 Å². The molecule has 154 valence electrons. The molecule has 0 bridgehead atoms. The highest BCUT2D eigenvalue weighted by Gasteiger charge is 2.19. The van der Waals surface area contributed by atoms with Crippen LogP contribution in [0.1, 0.15) is 40.2 Å². The fourth-order valence-electron chi connectivity index (χ4n) is 3.72.